The average molecular weight is 188 g/mol. The zero-order chi connectivity index (χ0) is 10.3. The summed E-state index contributed by atoms with van der Waals surface area (Å²) in [6.45, 7) is 0.231. The fraction of sp³-hybridized carbons (Fsp3) is 0.571. The Hall–Kier alpha value is -1.43. The van der Waals surface area contributed by atoms with Gasteiger partial charge in [0.05, 0.1) is 6.42 Å². The summed E-state index contributed by atoms with van der Waals surface area (Å²) in [5.74, 6) is -1.13. The van der Waals surface area contributed by atoms with Crippen LogP contribution in [0.2, 0.25) is 0 Å². The van der Waals surface area contributed by atoms with Crippen molar-refractivity contribution in [3.63, 3.8) is 0 Å². The van der Waals surface area contributed by atoms with Crippen molar-refractivity contribution in [2.24, 2.45) is 5.73 Å². The molecule has 0 aliphatic carbocycles. The fourth-order valence-electron chi connectivity index (χ4n) is 0.631. The number of carbonyl (C=O) groups is 3. The number of aliphatic carboxylic acids is 1. The van der Waals surface area contributed by atoms with Crippen LogP contribution in [0.4, 0.5) is 0 Å². The third-order valence-electron chi connectivity index (χ3n) is 1.22. The number of rotatable bonds is 2. The molecule has 13 heavy (non-hydrogen) atoms. The van der Waals surface area contributed by atoms with Crippen LogP contribution in [-0.4, -0.2) is 29.4 Å². The van der Waals surface area contributed by atoms with Crippen molar-refractivity contribution in [1.82, 2.24) is 5.32 Å². The van der Waals surface area contributed by atoms with E-state index in [0.717, 1.165) is 0 Å². The van der Waals surface area contributed by atoms with Crippen LogP contribution in [0.3, 0.4) is 0 Å². The van der Waals surface area contributed by atoms with Gasteiger partial charge in [0.1, 0.15) is 0 Å². The molecule has 1 heterocycles. The predicted octanol–water partition coefficient (Wildman–Crippen LogP) is -1.16. The number of hydrogen-bond donors (Lipinski definition) is 3. The molecule has 0 aromatic rings. The van der Waals surface area contributed by atoms with Crippen LogP contribution in [0.15, 0.2) is 0 Å². The van der Waals surface area contributed by atoms with Gasteiger partial charge in [0.25, 0.3) is 0 Å². The number of nitrogens with one attached hydrogen (secondary N) is 1. The Morgan fingerprint density at radius 3 is 1.92 bits per heavy atom. The van der Waals surface area contributed by atoms with E-state index >= 15 is 0 Å². The number of amides is 2. The lowest BCUT2D eigenvalue weighted by atomic mass is 10.4. The number of carbonyl (C=O) groups excluding carboxylic acids is 2. The highest BCUT2D eigenvalue weighted by atomic mass is 16.4. The first-order chi connectivity index (χ1) is 6.06. The second-order valence-corrected chi connectivity index (χ2v) is 2.40. The molecule has 1 aliphatic heterocycles. The van der Waals surface area contributed by atoms with Crippen molar-refractivity contribution in [2.45, 2.75) is 19.3 Å². The van der Waals surface area contributed by atoms with E-state index in [2.05, 4.69) is 5.32 Å². The summed E-state index contributed by atoms with van der Waals surface area (Å²) in [4.78, 5) is 29.8. The molecular weight excluding hydrogens is 176 g/mol. The Kier molecular flexibility index (Phi) is 5.45. The number of carboxylic acid groups (broad SMARTS) is 1. The van der Waals surface area contributed by atoms with Crippen LogP contribution in [0.1, 0.15) is 19.3 Å². The van der Waals surface area contributed by atoms with E-state index in [-0.39, 0.29) is 24.8 Å². The van der Waals surface area contributed by atoms with Crippen molar-refractivity contribution >= 4 is 17.8 Å². The van der Waals surface area contributed by atoms with Gasteiger partial charge < -0.3 is 10.8 Å². The maximum Gasteiger partial charge on any atom is 0.304 e. The molecule has 1 aliphatic rings. The molecule has 1 fully saturated rings. The SMILES string of the molecule is NCCC(=O)O.O=C1CCC(=O)N1. The van der Waals surface area contributed by atoms with Gasteiger partial charge in [-0.2, -0.15) is 0 Å². The summed E-state index contributed by atoms with van der Waals surface area (Å²) in [6, 6.07) is 0. The summed E-state index contributed by atoms with van der Waals surface area (Å²) < 4.78 is 0. The van der Waals surface area contributed by atoms with Gasteiger partial charge in [0, 0.05) is 19.4 Å². The maximum absolute atomic E-state index is 10.1. The molecule has 2 amide bonds. The average Bonchev–Trinajstić information content (AvgIpc) is 2.35. The molecule has 0 aromatic heterocycles. The van der Waals surface area contributed by atoms with E-state index in [9.17, 15) is 14.4 Å². The molecule has 74 valence electrons. The molecular formula is C7H12N2O4. The summed E-state index contributed by atoms with van der Waals surface area (Å²) in [7, 11) is 0. The highest BCUT2D eigenvalue weighted by Crippen LogP contribution is 1.95. The van der Waals surface area contributed by atoms with Gasteiger partial charge in [0.2, 0.25) is 11.8 Å². The van der Waals surface area contributed by atoms with Gasteiger partial charge >= 0.3 is 5.97 Å². The van der Waals surface area contributed by atoms with Crippen molar-refractivity contribution in [3.8, 4) is 0 Å². The Balaban J connectivity index is 0.000000226. The smallest absolute Gasteiger partial charge is 0.304 e. The minimum Gasteiger partial charge on any atom is -0.481 e. The molecule has 0 atom stereocenters. The largest absolute Gasteiger partial charge is 0.481 e. The van der Waals surface area contributed by atoms with Crippen LogP contribution in [0.5, 0.6) is 0 Å². The first kappa shape index (κ1) is 11.6. The van der Waals surface area contributed by atoms with Gasteiger partial charge in [-0.3, -0.25) is 19.7 Å². The fourth-order valence-corrected chi connectivity index (χ4v) is 0.631. The molecule has 1 saturated heterocycles. The topological polar surface area (TPSA) is 109 Å². The standard InChI is InChI=1S/C4H5NO2.C3H7NO2/c6-3-1-2-4(7)5-3;4-2-1-3(5)6/h1-2H2,(H,5,6,7);1-2,4H2,(H,5,6). The Labute approximate surface area is 75.1 Å². The third-order valence-corrected chi connectivity index (χ3v) is 1.22. The van der Waals surface area contributed by atoms with Gasteiger partial charge in [-0.1, -0.05) is 0 Å². The molecule has 0 spiro atoms. The van der Waals surface area contributed by atoms with E-state index in [0.29, 0.717) is 12.8 Å². The van der Waals surface area contributed by atoms with Crippen molar-refractivity contribution in [1.29, 1.82) is 0 Å². The van der Waals surface area contributed by atoms with Crippen LogP contribution in [0, 0.1) is 0 Å². The number of carboxylic acids is 1. The zero-order valence-corrected chi connectivity index (χ0v) is 7.08. The Bertz CT molecular complexity index is 201. The van der Waals surface area contributed by atoms with Gasteiger partial charge in [-0.15, -0.1) is 0 Å². The first-order valence-corrected chi connectivity index (χ1v) is 3.80. The molecule has 0 saturated carbocycles. The van der Waals surface area contributed by atoms with E-state index < -0.39 is 5.97 Å². The molecule has 0 radical (unpaired) electrons. The molecule has 6 nitrogen and oxygen atoms in total. The Morgan fingerprint density at radius 2 is 1.85 bits per heavy atom. The second kappa shape index (κ2) is 6.13. The molecule has 0 aromatic carbocycles. The molecule has 0 unspecified atom stereocenters. The van der Waals surface area contributed by atoms with Gasteiger partial charge in [-0.05, 0) is 0 Å². The molecule has 1 rings (SSSR count). The zero-order valence-electron chi connectivity index (χ0n) is 7.08. The highest BCUT2D eigenvalue weighted by Gasteiger charge is 2.15. The first-order valence-electron chi connectivity index (χ1n) is 3.80. The van der Waals surface area contributed by atoms with E-state index in [4.69, 9.17) is 10.8 Å². The third kappa shape index (κ3) is 6.95. The highest BCUT2D eigenvalue weighted by molar-refractivity contribution is 6.01. The Morgan fingerprint density at radius 1 is 1.38 bits per heavy atom. The van der Waals surface area contributed by atoms with Crippen molar-refractivity contribution < 1.29 is 19.5 Å². The number of imide groups is 1. The maximum atomic E-state index is 10.1. The monoisotopic (exact) mass is 188 g/mol. The van der Waals surface area contributed by atoms with Crippen LogP contribution in [0.25, 0.3) is 0 Å². The molecule has 0 bridgehead atoms. The summed E-state index contributed by atoms with van der Waals surface area (Å²) in [5, 5.41) is 9.97. The summed E-state index contributed by atoms with van der Waals surface area (Å²) >= 11 is 0. The van der Waals surface area contributed by atoms with E-state index in [1.165, 1.54) is 0 Å². The normalized spacial score (nSPS) is 14.5. The van der Waals surface area contributed by atoms with Gasteiger partial charge in [-0.25, -0.2) is 0 Å². The van der Waals surface area contributed by atoms with Crippen LogP contribution in [-0.2, 0) is 14.4 Å². The van der Waals surface area contributed by atoms with E-state index in [1.54, 1.807) is 0 Å². The molecule has 4 N–H and O–H groups in total. The lowest BCUT2D eigenvalue weighted by molar-refractivity contribution is -0.136. The van der Waals surface area contributed by atoms with Gasteiger partial charge in [0.15, 0.2) is 0 Å². The predicted molar refractivity (Wildman–Crippen MR) is 43.7 cm³/mol. The summed E-state index contributed by atoms with van der Waals surface area (Å²) in [6.07, 6.45) is 0.817. The minimum absolute atomic E-state index is 0.0694. The van der Waals surface area contributed by atoms with Crippen LogP contribution >= 0.6 is 0 Å². The second-order valence-electron chi connectivity index (χ2n) is 2.40. The van der Waals surface area contributed by atoms with E-state index in [1.807, 2.05) is 0 Å². The number of hydrogen-bond acceptors (Lipinski definition) is 4. The summed E-state index contributed by atoms with van der Waals surface area (Å²) in [5.41, 5.74) is 4.85. The minimum atomic E-state index is -0.836. The lowest BCUT2D eigenvalue weighted by Gasteiger charge is -1.80. The van der Waals surface area contributed by atoms with Crippen molar-refractivity contribution in [2.75, 3.05) is 6.54 Å². The lowest BCUT2D eigenvalue weighted by Crippen LogP contribution is -2.18. The quantitative estimate of drug-likeness (QED) is 0.473. The number of nitrogens with two attached hydrogens (primary N) is 1. The van der Waals surface area contributed by atoms with Crippen LogP contribution < -0.4 is 11.1 Å². The van der Waals surface area contributed by atoms with Crippen molar-refractivity contribution in [3.05, 3.63) is 0 Å². The molecule has 6 heteroatoms.